The van der Waals surface area contributed by atoms with Crippen molar-refractivity contribution in [3.05, 3.63) is 30.3 Å². The molecule has 3 N–H and O–H groups in total. The van der Waals surface area contributed by atoms with E-state index in [9.17, 15) is 8.42 Å². The third-order valence-corrected chi connectivity index (χ3v) is 4.13. The number of halogens is 1. The average molecular weight is 483 g/mol. The van der Waals surface area contributed by atoms with Crippen molar-refractivity contribution in [2.45, 2.75) is 13.3 Å². The zero-order chi connectivity index (χ0) is 17.8. The van der Waals surface area contributed by atoms with Gasteiger partial charge in [0.25, 0.3) is 0 Å². The third-order valence-electron chi connectivity index (χ3n) is 3.41. The molecule has 9 heteroatoms. The Bertz CT molecular complexity index is 596. The van der Waals surface area contributed by atoms with E-state index in [1.807, 2.05) is 18.2 Å². The maximum atomic E-state index is 11.0. The van der Waals surface area contributed by atoms with Gasteiger partial charge in [0.2, 0.25) is 10.0 Å². The Hall–Kier alpha value is -1.07. The molecule has 1 aromatic carbocycles. The van der Waals surface area contributed by atoms with Crippen molar-refractivity contribution in [3.63, 3.8) is 0 Å². The lowest BCUT2D eigenvalue weighted by atomic mass is 10.2. The van der Waals surface area contributed by atoms with Crippen molar-refractivity contribution in [1.29, 1.82) is 0 Å². The highest BCUT2D eigenvalue weighted by atomic mass is 127. The maximum Gasteiger partial charge on any atom is 0.208 e. The van der Waals surface area contributed by atoms with Crippen molar-refractivity contribution in [2.75, 3.05) is 50.9 Å². The van der Waals surface area contributed by atoms with Crippen LogP contribution in [0.15, 0.2) is 35.3 Å². The number of rotatable bonds is 10. The van der Waals surface area contributed by atoms with Crippen LogP contribution in [0.2, 0.25) is 0 Å². The van der Waals surface area contributed by atoms with Crippen molar-refractivity contribution in [3.8, 4) is 0 Å². The zero-order valence-corrected chi connectivity index (χ0v) is 18.3. The number of anilines is 1. The first kappa shape index (κ1) is 23.9. The van der Waals surface area contributed by atoms with Gasteiger partial charge in [0.15, 0.2) is 5.96 Å². The molecule has 0 spiro atoms. The quantitative estimate of drug-likeness (QED) is 0.202. The molecule has 0 aliphatic rings. The van der Waals surface area contributed by atoms with Crippen LogP contribution in [0.1, 0.15) is 13.3 Å². The largest absolute Gasteiger partial charge is 0.372 e. The molecule has 0 saturated carbocycles. The number of para-hydroxylation sites is 1. The second kappa shape index (κ2) is 13.2. The molecule has 0 atom stereocenters. The average Bonchev–Trinajstić information content (AvgIpc) is 2.56. The number of guanidine groups is 1. The van der Waals surface area contributed by atoms with Crippen LogP contribution in [0.4, 0.5) is 5.69 Å². The van der Waals surface area contributed by atoms with Crippen LogP contribution < -0.4 is 20.3 Å². The number of sulfonamides is 1. The van der Waals surface area contributed by atoms with Crippen LogP contribution in [0.5, 0.6) is 0 Å². The van der Waals surface area contributed by atoms with E-state index in [1.165, 1.54) is 5.69 Å². The molecule has 0 radical (unpaired) electrons. The molecule has 0 aliphatic carbocycles. The van der Waals surface area contributed by atoms with Gasteiger partial charge in [0.05, 0.1) is 6.26 Å². The van der Waals surface area contributed by atoms with E-state index in [4.69, 9.17) is 0 Å². The predicted molar refractivity (Wildman–Crippen MR) is 117 cm³/mol. The lowest BCUT2D eigenvalue weighted by Crippen LogP contribution is -2.42. The van der Waals surface area contributed by atoms with Crippen LogP contribution in [0.25, 0.3) is 0 Å². The number of nitrogens with one attached hydrogen (secondary N) is 3. The Kier molecular flexibility index (Phi) is 12.6. The van der Waals surface area contributed by atoms with E-state index in [0.717, 1.165) is 32.3 Å². The predicted octanol–water partition coefficient (Wildman–Crippen LogP) is 1.24. The van der Waals surface area contributed by atoms with E-state index in [0.29, 0.717) is 19.0 Å². The van der Waals surface area contributed by atoms with Gasteiger partial charge in [-0.2, -0.15) is 0 Å². The molecule has 7 nitrogen and oxygen atoms in total. The summed E-state index contributed by atoms with van der Waals surface area (Å²) in [6.07, 6.45) is 2.12. The van der Waals surface area contributed by atoms with Gasteiger partial charge in [-0.3, -0.25) is 4.99 Å². The smallest absolute Gasteiger partial charge is 0.208 e. The number of aliphatic imine (C=N–C) groups is 1. The highest BCUT2D eigenvalue weighted by molar-refractivity contribution is 14.0. The summed E-state index contributed by atoms with van der Waals surface area (Å²) in [6.45, 7) is 5.68. The molecule has 25 heavy (non-hydrogen) atoms. The molecule has 0 aromatic heterocycles. The van der Waals surface area contributed by atoms with Gasteiger partial charge in [-0.1, -0.05) is 18.2 Å². The van der Waals surface area contributed by atoms with E-state index in [-0.39, 0.29) is 24.0 Å². The van der Waals surface area contributed by atoms with Crippen LogP contribution >= 0.6 is 24.0 Å². The van der Waals surface area contributed by atoms with Gasteiger partial charge in [-0.15, -0.1) is 24.0 Å². The summed E-state index contributed by atoms with van der Waals surface area (Å²) in [5, 5.41) is 6.31. The Morgan fingerprint density at radius 1 is 1.12 bits per heavy atom. The molecule has 1 aromatic rings. The Morgan fingerprint density at radius 2 is 1.76 bits per heavy atom. The van der Waals surface area contributed by atoms with Crippen LogP contribution in [0, 0.1) is 0 Å². The summed E-state index contributed by atoms with van der Waals surface area (Å²) in [5.74, 6) is 0.674. The first-order valence-corrected chi connectivity index (χ1v) is 10.0. The fourth-order valence-electron chi connectivity index (χ4n) is 2.22. The molecular formula is C16H30IN5O2S. The molecule has 0 unspecified atom stereocenters. The summed E-state index contributed by atoms with van der Waals surface area (Å²) in [5.41, 5.74) is 1.23. The third kappa shape index (κ3) is 11.2. The van der Waals surface area contributed by atoms with E-state index >= 15 is 0 Å². The van der Waals surface area contributed by atoms with Gasteiger partial charge in [-0.05, 0) is 25.5 Å². The summed E-state index contributed by atoms with van der Waals surface area (Å²) >= 11 is 0. The minimum atomic E-state index is -3.14. The number of hydrogen-bond acceptors (Lipinski definition) is 4. The highest BCUT2D eigenvalue weighted by Crippen LogP contribution is 2.12. The Morgan fingerprint density at radius 3 is 2.32 bits per heavy atom. The summed E-state index contributed by atoms with van der Waals surface area (Å²) in [7, 11) is -1.45. The molecule has 0 fully saturated rings. The van der Waals surface area contributed by atoms with Gasteiger partial charge in [-0.25, -0.2) is 13.1 Å². The summed E-state index contributed by atoms with van der Waals surface area (Å²) in [4.78, 5) is 6.45. The fourth-order valence-corrected chi connectivity index (χ4v) is 2.70. The fraction of sp³-hybridized carbons (Fsp3) is 0.562. The Labute approximate surface area is 168 Å². The lowest BCUT2D eigenvalue weighted by molar-refractivity contribution is 0.586. The minimum absolute atomic E-state index is 0. The first-order chi connectivity index (χ1) is 11.5. The SMILES string of the molecule is CCN(CCCNC(=NC)NCCNS(C)(=O)=O)c1ccccc1.I. The van der Waals surface area contributed by atoms with Gasteiger partial charge in [0.1, 0.15) is 0 Å². The highest BCUT2D eigenvalue weighted by Gasteiger charge is 2.04. The molecule has 0 amide bonds. The van der Waals surface area contributed by atoms with E-state index in [1.54, 1.807) is 7.05 Å². The molecule has 0 saturated heterocycles. The second-order valence-electron chi connectivity index (χ2n) is 5.36. The molecule has 0 heterocycles. The van der Waals surface area contributed by atoms with Crippen molar-refractivity contribution < 1.29 is 8.42 Å². The molecule has 144 valence electrons. The van der Waals surface area contributed by atoms with E-state index in [2.05, 4.69) is 44.3 Å². The zero-order valence-electron chi connectivity index (χ0n) is 15.2. The lowest BCUT2D eigenvalue weighted by Gasteiger charge is -2.23. The van der Waals surface area contributed by atoms with Crippen LogP contribution in [-0.4, -0.2) is 60.4 Å². The molecular weight excluding hydrogens is 453 g/mol. The van der Waals surface area contributed by atoms with Gasteiger partial charge < -0.3 is 15.5 Å². The number of hydrogen-bond donors (Lipinski definition) is 3. The Balaban J connectivity index is 0.00000576. The minimum Gasteiger partial charge on any atom is -0.372 e. The molecule has 0 bridgehead atoms. The first-order valence-electron chi connectivity index (χ1n) is 8.15. The summed E-state index contributed by atoms with van der Waals surface area (Å²) < 4.78 is 24.4. The normalized spacial score (nSPS) is 11.6. The van der Waals surface area contributed by atoms with Crippen molar-refractivity contribution >= 4 is 45.6 Å². The second-order valence-corrected chi connectivity index (χ2v) is 7.19. The number of benzene rings is 1. The van der Waals surface area contributed by atoms with Crippen molar-refractivity contribution in [2.24, 2.45) is 4.99 Å². The van der Waals surface area contributed by atoms with Crippen LogP contribution in [0.3, 0.4) is 0 Å². The van der Waals surface area contributed by atoms with Crippen molar-refractivity contribution in [1.82, 2.24) is 15.4 Å². The monoisotopic (exact) mass is 483 g/mol. The topological polar surface area (TPSA) is 85.8 Å². The van der Waals surface area contributed by atoms with Crippen LogP contribution in [-0.2, 0) is 10.0 Å². The van der Waals surface area contributed by atoms with E-state index < -0.39 is 10.0 Å². The molecule has 0 aliphatic heterocycles. The maximum absolute atomic E-state index is 11.0. The van der Waals surface area contributed by atoms with Gasteiger partial charge >= 0.3 is 0 Å². The summed E-state index contributed by atoms with van der Waals surface area (Å²) in [6, 6.07) is 10.4. The molecule has 1 rings (SSSR count). The standard InChI is InChI=1S/C16H29N5O2S.HI/c1-4-21(15-9-6-5-7-10-15)14-8-11-18-16(17-2)19-12-13-20-24(3,22)23;/h5-7,9-10,20H,4,8,11-14H2,1-3H3,(H2,17,18,19);1H. The van der Waals surface area contributed by atoms with Gasteiger partial charge in [0, 0.05) is 45.5 Å². The number of nitrogens with zero attached hydrogens (tertiary/aromatic N) is 2.